The smallest absolute Gasteiger partial charge is 0.305 e. The highest BCUT2D eigenvalue weighted by Crippen LogP contribution is 2.19. The Bertz CT molecular complexity index is 1150. The number of esters is 1. The summed E-state index contributed by atoms with van der Waals surface area (Å²) in [5.41, 5.74) is 0. The predicted molar refractivity (Wildman–Crippen MR) is 324 cm³/mol. The minimum absolute atomic E-state index is 0.00522. The van der Waals surface area contributed by atoms with E-state index in [1.165, 1.54) is 289 Å². The molecule has 0 fully saturated rings. The van der Waals surface area contributed by atoms with E-state index >= 15 is 0 Å². The number of hydrogen-bond acceptors (Lipinski definition) is 5. The molecule has 0 saturated carbocycles. The molecule has 0 aliphatic heterocycles. The first-order chi connectivity index (χ1) is 36.5. The zero-order chi connectivity index (χ0) is 53.6. The van der Waals surface area contributed by atoms with Crippen LogP contribution in [0.25, 0.3) is 0 Å². The molecule has 6 nitrogen and oxygen atoms in total. The molecule has 0 aliphatic rings. The van der Waals surface area contributed by atoms with Crippen molar-refractivity contribution >= 4 is 11.9 Å². The van der Waals surface area contributed by atoms with Crippen LogP contribution in [0.5, 0.6) is 0 Å². The molecule has 74 heavy (non-hydrogen) atoms. The van der Waals surface area contributed by atoms with Gasteiger partial charge in [-0.05, 0) is 51.4 Å². The molecule has 0 spiro atoms. The van der Waals surface area contributed by atoms with Crippen molar-refractivity contribution in [2.75, 3.05) is 13.2 Å². The molecule has 0 saturated heterocycles. The van der Waals surface area contributed by atoms with Crippen molar-refractivity contribution in [3.8, 4) is 0 Å². The number of allylic oxidation sites excluding steroid dienone is 4. The Kier molecular flexibility index (Phi) is 62.4. The summed E-state index contributed by atoms with van der Waals surface area (Å²) in [4.78, 5) is 24.5. The van der Waals surface area contributed by atoms with Gasteiger partial charge in [0.1, 0.15) is 0 Å². The van der Waals surface area contributed by atoms with E-state index in [4.69, 9.17) is 4.74 Å². The minimum atomic E-state index is -0.661. The average molecular weight is 1040 g/mol. The van der Waals surface area contributed by atoms with Gasteiger partial charge in [-0.25, -0.2) is 0 Å². The molecule has 6 heteroatoms. The van der Waals surface area contributed by atoms with Crippen molar-refractivity contribution in [1.82, 2.24) is 5.32 Å². The lowest BCUT2D eigenvalue weighted by molar-refractivity contribution is -0.143. The first-order valence-corrected chi connectivity index (χ1v) is 33.6. The fourth-order valence-electron chi connectivity index (χ4n) is 10.6. The number of rotatable bonds is 63. The van der Waals surface area contributed by atoms with Crippen molar-refractivity contribution in [2.45, 2.75) is 386 Å². The van der Waals surface area contributed by atoms with E-state index in [1.54, 1.807) is 0 Å². The molecule has 0 aliphatic carbocycles. The number of amides is 1. The van der Waals surface area contributed by atoms with Crippen LogP contribution in [-0.4, -0.2) is 47.4 Å². The third-order valence-electron chi connectivity index (χ3n) is 15.8. The summed E-state index contributed by atoms with van der Waals surface area (Å²) in [7, 11) is 0. The number of hydrogen-bond donors (Lipinski definition) is 3. The molecule has 0 aromatic rings. The number of nitrogens with one attached hydrogen (secondary N) is 1. The number of ether oxygens (including phenoxy) is 1. The summed E-state index contributed by atoms with van der Waals surface area (Å²) in [6.45, 7) is 4.93. The van der Waals surface area contributed by atoms with Crippen LogP contribution in [0.3, 0.4) is 0 Å². The van der Waals surface area contributed by atoms with Crippen LogP contribution in [0.4, 0.5) is 0 Å². The lowest BCUT2D eigenvalue weighted by atomic mass is 10.0. The molecule has 3 N–H and O–H groups in total. The number of unbranched alkanes of at least 4 members (excludes halogenated alkanes) is 48. The van der Waals surface area contributed by atoms with E-state index in [0.29, 0.717) is 25.9 Å². The number of carbonyl (C=O) groups excluding carboxylic acids is 2. The Labute approximate surface area is 462 Å². The Balaban J connectivity index is 3.33. The Hall–Kier alpha value is -1.66. The maximum atomic E-state index is 12.5. The van der Waals surface area contributed by atoms with Gasteiger partial charge in [-0.3, -0.25) is 9.59 Å². The second-order valence-electron chi connectivity index (χ2n) is 23.2. The molecule has 0 rings (SSSR count). The molecule has 0 radical (unpaired) electrons. The number of aliphatic hydroxyl groups is 2. The highest BCUT2D eigenvalue weighted by molar-refractivity contribution is 5.76. The van der Waals surface area contributed by atoms with Crippen molar-refractivity contribution in [2.24, 2.45) is 0 Å². The van der Waals surface area contributed by atoms with Gasteiger partial charge < -0.3 is 20.3 Å². The van der Waals surface area contributed by atoms with Gasteiger partial charge in [0, 0.05) is 12.8 Å². The molecule has 0 aromatic heterocycles. The highest BCUT2D eigenvalue weighted by Gasteiger charge is 2.20. The SMILES string of the molecule is CCCC/C=C\C/C=C\CCCCCCCC(=O)OCCCCCCCCCCCCCCCCCCCCCCCCCCCCCCCC(=O)NC(CO)C(O)CCCCCCCCCCCCCCCC. The van der Waals surface area contributed by atoms with Crippen molar-refractivity contribution in [1.29, 1.82) is 0 Å². The molecular weight excluding hydrogens is 911 g/mol. The van der Waals surface area contributed by atoms with E-state index in [9.17, 15) is 19.8 Å². The summed E-state index contributed by atoms with van der Waals surface area (Å²) in [6, 6.07) is -0.538. The van der Waals surface area contributed by atoms with Gasteiger partial charge in [-0.2, -0.15) is 0 Å². The Morgan fingerprint density at radius 1 is 0.378 bits per heavy atom. The Morgan fingerprint density at radius 2 is 0.689 bits per heavy atom. The van der Waals surface area contributed by atoms with Gasteiger partial charge in [0.25, 0.3) is 0 Å². The second kappa shape index (κ2) is 63.9. The highest BCUT2D eigenvalue weighted by atomic mass is 16.5. The van der Waals surface area contributed by atoms with Gasteiger partial charge >= 0.3 is 5.97 Å². The number of carbonyl (C=O) groups is 2. The van der Waals surface area contributed by atoms with Crippen LogP contribution in [0.15, 0.2) is 24.3 Å². The van der Waals surface area contributed by atoms with Gasteiger partial charge in [-0.1, -0.05) is 334 Å². The van der Waals surface area contributed by atoms with E-state index < -0.39 is 12.1 Å². The van der Waals surface area contributed by atoms with Gasteiger partial charge in [0.15, 0.2) is 0 Å². The molecule has 438 valence electrons. The third-order valence-corrected chi connectivity index (χ3v) is 15.8. The Morgan fingerprint density at radius 3 is 1.07 bits per heavy atom. The maximum absolute atomic E-state index is 12.5. The standard InChI is InChI=1S/C68H131NO5/c1-3-5-7-9-11-13-15-17-36-40-44-48-52-56-60-66(71)65(64-70)69-67(72)61-57-53-49-45-41-37-34-32-30-28-26-24-22-20-19-21-23-25-27-29-31-33-35-39-43-47-51-55-59-63-74-68(73)62-58-54-50-46-42-38-18-16-14-12-10-8-6-4-2/h10,12,16,18,65-66,70-71H,3-9,11,13-15,17,19-64H2,1-2H3,(H,69,72)/b12-10-,18-16-. The van der Waals surface area contributed by atoms with Crippen molar-refractivity contribution < 1.29 is 24.5 Å². The van der Waals surface area contributed by atoms with Crippen LogP contribution < -0.4 is 5.32 Å². The third kappa shape index (κ3) is 59.6. The van der Waals surface area contributed by atoms with Gasteiger partial charge in [-0.15, -0.1) is 0 Å². The van der Waals surface area contributed by atoms with Crippen LogP contribution in [0.2, 0.25) is 0 Å². The van der Waals surface area contributed by atoms with Crippen LogP contribution >= 0.6 is 0 Å². The summed E-state index contributed by atoms with van der Waals surface area (Å²) in [6.07, 6.45) is 79.3. The largest absolute Gasteiger partial charge is 0.466 e. The first-order valence-electron chi connectivity index (χ1n) is 33.6. The van der Waals surface area contributed by atoms with E-state index in [0.717, 1.165) is 51.4 Å². The fourth-order valence-corrected chi connectivity index (χ4v) is 10.6. The quantitative estimate of drug-likeness (QED) is 0.0320. The molecule has 1 amide bonds. The fraction of sp³-hybridized carbons (Fsp3) is 0.912. The lowest BCUT2D eigenvalue weighted by Crippen LogP contribution is -2.45. The zero-order valence-corrected chi connectivity index (χ0v) is 50.1. The topological polar surface area (TPSA) is 95.9 Å². The maximum Gasteiger partial charge on any atom is 0.305 e. The molecule has 2 unspecified atom stereocenters. The van der Waals surface area contributed by atoms with E-state index in [1.807, 2.05) is 0 Å². The molecule has 0 aromatic carbocycles. The van der Waals surface area contributed by atoms with Crippen LogP contribution in [0.1, 0.15) is 373 Å². The summed E-state index contributed by atoms with van der Waals surface area (Å²) >= 11 is 0. The normalized spacial score (nSPS) is 12.6. The van der Waals surface area contributed by atoms with Crippen molar-refractivity contribution in [3.63, 3.8) is 0 Å². The summed E-state index contributed by atoms with van der Waals surface area (Å²) in [5.74, 6) is -0.0240. The molecular formula is C68H131NO5. The molecule has 0 bridgehead atoms. The van der Waals surface area contributed by atoms with Crippen LogP contribution in [0, 0.1) is 0 Å². The zero-order valence-electron chi connectivity index (χ0n) is 50.1. The average Bonchev–Trinajstić information content (AvgIpc) is 3.40. The van der Waals surface area contributed by atoms with Crippen molar-refractivity contribution in [3.05, 3.63) is 24.3 Å². The monoisotopic (exact) mass is 1040 g/mol. The second-order valence-corrected chi connectivity index (χ2v) is 23.2. The van der Waals surface area contributed by atoms with E-state index in [2.05, 4.69) is 43.5 Å². The summed E-state index contributed by atoms with van der Waals surface area (Å²) in [5, 5.41) is 23.3. The van der Waals surface area contributed by atoms with E-state index in [-0.39, 0.29) is 18.5 Å². The van der Waals surface area contributed by atoms with Gasteiger partial charge in [0.2, 0.25) is 5.91 Å². The molecule has 2 atom stereocenters. The van der Waals surface area contributed by atoms with Gasteiger partial charge in [0.05, 0.1) is 25.4 Å². The molecule has 0 heterocycles. The van der Waals surface area contributed by atoms with Crippen LogP contribution in [-0.2, 0) is 14.3 Å². The predicted octanol–water partition coefficient (Wildman–Crippen LogP) is 21.4. The number of aliphatic hydroxyl groups excluding tert-OH is 2. The first kappa shape index (κ1) is 72.3. The minimum Gasteiger partial charge on any atom is -0.466 e. The summed E-state index contributed by atoms with van der Waals surface area (Å²) < 4.78 is 5.48. The lowest BCUT2D eigenvalue weighted by Gasteiger charge is -2.22.